The molecule has 1 aliphatic carbocycles. The van der Waals surface area contributed by atoms with E-state index in [-0.39, 0.29) is 5.91 Å². The van der Waals surface area contributed by atoms with Crippen LogP contribution >= 0.6 is 11.8 Å². The second kappa shape index (κ2) is 7.79. The Kier molecular flexibility index (Phi) is 6.05. The maximum Gasteiger partial charge on any atom is 0.233 e. The molecule has 1 aromatic heterocycles. The zero-order chi connectivity index (χ0) is 15.2. The Hall–Kier alpha value is -1.08. The van der Waals surface area contributed by atoms with Crippen LogP contribution in [0.4, 0.5) is 0 Å². The van der Waals surface area contributed by atoms with Crippen molar-refractivity contribution < 1.29 is 4.79 Å². The van der Waals surface area contributed by atoms with Gasteiger partial charge in [0.1, 0.15) is 5.82 Å². The van der Waals surface area contributed by atoms with Gasteiger partial charge in [-0.2, -0.15) is 0 Å². The predicted molar refractivity (Wildman–Crippen MR) is 83.9 cm³/mol. The molecule has 2 rings (SSSR count). The topological polar surface area (TPSA) is 77.0 Å². The van der Waals surface area contributed by atoms with Crippen LogP contribution in [0.2, 0.25) is 0 Å². The van der Waals surface area contributed by atoms with E-state index in [0.29, 0.717) is 18.3 Å². The van der Waals surface area contributed by atoms with Gasteiger partial charge in [0, 0.05) is 19.6 Å². The van der Waals surface area contributed by atoms with Gasteiger partial charge in [-0.05, 0) is 19.8 Å². The summed E-state index contributed by atoms with van der Waals surface area (Å²) >= 11 is 1.44. The molecule has 21 heavy (non-hydrogen) atoms. The number of nitrogens with zero attached hydrogens (tertiary/aromatic N) is 4. The minimum atomic E-state index is 0.201. The highest BCUT2D eigenvalue weighted by molar-refractivity contribution is 7.99. The van der Waals surface area contributed by atoms with Gasteiger partial charge < -0.3 is 15.2 Å². The maximum atomic E-state index is 12.5. The van der Waals surface area contributed by atoms with Gasteiger partial charge in [-0.3, -0.25) is 4.79 Å². The van der Waals surface area contributed by atoms with Gasteiger partial charge in [-0.25, -0.2) is 0 Å². The van der Waals surface area contributed by atoms with Crippen molar-refractivity contribution in [2.45, 2.75) is 56.8 Å². The van der Waals surface area contributed by atoms with Gasteiger partial charge in [0.05, 0.1) is 12.3 Å². The van der Waals surface area contributed by atoms with E-state index in [0.717, 1.165) is 30.4 Å². The summed E-state index contributed by atoms with van der Waals surface area (Å²) in [7, 11) is 1.88. The zero-order valence-electron chi connectivity index (χ0n) is 12.9. The number of amides is 1. The molecule has 7 heteroatoms. The number of rotatable bonds is 6. The van der Waals surface area contributed by atoms with Crippen LogP contribution in [0.5, 0.6) is 0 Å². The van der Waals surface area contributed by atoms with E-state index < -0.39 is 0 Å². The Bertz CT molecular complexity index is 470. The summed E-state index contributed by atoms with van der Waals surface area (Å²) in [6, 6.07) is 0.427. The van der Waals surface area contributed by atoms with Crippen LogP contribution in [-0.4, -0.2) is 43.9 Å². The summed E-state index contributed by atoms with van der Waals surface area (Å²) in [5.41, 5.74) is 5.58. The molecule has 0 unspecified atom stereocenters. The first-order chi connectivity index (χ1) is 10.2. The first-order valence-electron chi connectivity index (χ1n) is 7.68. The number of carbonyl (C=O) groups is 1. The van der Waals surface area contributed by atoms with Crippen LogP contribution in [0, 0.1) is 0 Å². The van der Waals surface area contributed by atoms with Crippen molar-refractivity contribution in [1.82, 2.24) is 19.7 Å². The van der Waals surface area contributed by atoms with Gasteiger partial charge >= 0.3 is 0 Å². The second-order valence-electron chi connectivity index (χ2n) is 5.42. The Morgan fingerprint density at radius 2 is 2.10 bits per heavy atom. The smallest absolute Gasteiger partial charge is 0.233 e. The van der Waals surface area contributed by atoms with Crippen LogP contribution in [0.25, 0.3) is 0 Å². The molecule has 0 bridgehead atoms. The summed E-state index contributed by atoms with van der Waals surface area (Å²) in [6.45, 7) is 3.21. The fraction of sp³-hybridized carbons (Fsp3) is 0.786. The monoisotopic (exact) mass is 311 g/mol. The van der Waals surface area contributed by atoms with E-state index in [1.54, 1.807) is 0 Å². The number of carbonyl (C=O) groups excluding carboxylic acids is 1. The first-order valence-corrected chi connectivity index (χ1v) is 8.66. The van der Waals surface area contributed by atoms with Gasteiger partial charge in [-0.15, -0.1) is 10.2 Å². The summed E-state index contributed by atoms with van der Waals surface area (Å²) in [6.07, 6.45) is 6.07. The molecule has 0 aromatic carbocycles. The molecule has 1 fully saturated rings. The van der Waals surface area contributed by atoms with Crippen LogP contribution in [0.15, 0.2) is 5.16 Å². The van der Waals surface area contributed by atoms with E-state index in [2.05, 4.69) is 17.1 Å². The molecule has 1 saturated carbocycles. The standard InChI is InChI=1S/C14H25N5OS/c1-3-19(11-7-5-4-6-8-11)13(20)10-21-14-17-16-12(9-15)18(14)2/h11H,3-10,15H2,1-2H3. The molecule has 118 valence electrons. The molecule has 2 N–H and O–H groups in total. The number of thioether (sulfide) groups is 1. The molecule has 1 amide bonds. The van der Waals surface area contributed by atoms with Crippen LogP contribution in [-0.2, 0) is 18.4 Å². The SMILES string of the molecule is CCN(C(=O)CSc1nnc(CN)n1C)C1CCCCC1. The molecule has 1 heterocycles. The third-order valence-electron chi connectivity index (χ3n) is 4.11. The Balaban J connectivity index is 1.91. The molecule has 6 nitrogen and oxygen atoms in total. The molecule has 0 aliphatic heterocycles. The van der Waals surface area contributed by atoms with E-state index in [1.807, 2.05) is 16.5 Å². The Morgan fingerprint density at radius 1 is 1.38 bits per heavy atom. The largest absolute Gasteiger partial charge is 0.339 e. The van der Waals surface area contributed by atoms with Gasteiger partial charge in [0.15, 0.2) is 5.16 Å². The number of nitrogens with two attached hydrogens (primary N) is 1. The van der Waals surface area contributed by atoms with Crippen molar-refractivity contribution >= 4 is 17.7 Å². The minimum absolute atomic E-state index is 0.201. The van der Waals surface area contributed by atoms with Crippen molar-refractivity contribution in [3.8, 4) is 0 Å². The van der Waals surface area contributed by atoms with E-state index >= 15 is 0 Å². The van der Waals surface area contributed by atoms with Crippen molar-refractivity contribution in [2.24, 2.45) is 12.8 Å². The van der Waals surface area contributed by atoms with E-state index in [4.69, 9.17) is 5.73 Å². The zero-order valence-corrected chi connectivity index (χ0v) is 13.7. The maximum absolute atomic E-state index is 12.5. The Labute approximate surface area is 130 Å². The minimum Gasteiger partial charge on any atom is -0.339 e. The van der Waals surface area contributed by atoms with Crippen molar-refractivity contribution in [2.75, 3.05) is 12.3 Å². The first kappa shape index (κ1) is 16.3. The van der Waals surface area contributed by atoms with Crippen molar-refractivity contribution in [3.63, 3.8) is 0 Å². The lowest BCUT2D eigenvalue weighted by atomic mass is 9.94. The lowest BCUT2D eigenvalue weighted by Gasteiger charge is -2.33. The summed E-state index contributed by atoms with van der Waals surface area (Å²) in [4.78, 5) is 14.5. The third-order valence-corrected chi connectivity index (χ3v) is 5.11. The fourth-order valence-electron chi connectivity index (χ4n) is 2.89. The molecular formula is C14H25N5OS. The van der Waals surface area contributed by atoms with Crippen LogP contribution in [0.1, 0.15) is 44.9 Å². The van der Waals surface area contributed by atoms with Gasteiger partial charge in [-0.1, -0.05) is 31.0 Å². The highest BCUT2D eigenvalue weighted by atomic mass is 32.2. The molecule has 0 saturated heterocycles. The summed E-state index contributed by atoms with van der Waals surface area (Å²) < 4.78 is 1.86. The van der Waals surface area contributed by atoms with Gasteiger partial charge in [0.2, 0.25) is 5.91 Å². The van der Waals surface area contributed by atoms with E-state index in [1.165, 1.54) is 31.0 Å². The molecule has 0 atom stereocenters. The number of hydrogen-bond acceptors (Lipinski definition) is 5. The molecule has 1 aliphatic rings. The average Bonchev–Trinajstić information content (AvgIpc) is 2.87. The summed E-state index contributed by atoms with van der Waals surface area (Å²) in [5, 5.41) is 8.84. The molecule has 0 radical (unpaired) electrons. The second-order valence-corrected chi connectivity index (χ2v) is 6.36. The van der Waals surface area contributed by atoms with Gasteiger partial charge in [0.25, 0.3) is 0 Å². The van der Waals surface area contributed by atoms with E-state index in [9.17, 15) is 4.79 Å². The lowest BCUT2D eigenvalue weighted by molar-refractivity contribution is -0.131. The average molecular weight is 311 g/mol. The fourth-order valence-corrected chi connectivity index (χ4v) is 3.70. The Morgan fingerprint density at radius 3 is 2.67 bits per heavy atom. The molecular weight excluding hydrogens is 286 g/mol. The number of hydrogen-bond donors (Lipinski definition) is 1. The quantitative estimate of drug-likeness (QED) is 0.807. The highest BCUT2D eigenvalue weighted by Gasteiger charge is 2.24. The third kappa shape index (κ3) is 3.97. The molecule has 1 aromatic rings. The highest BCUT2D eigenvalue weighted by Crippen LogP contribution is 2.24. The van der Waals surface area contributed by atoms with Crippen molar-refractivity contribution in [3.05, 3.63) is 5.82 Å². The normalized spacial score (nSPS) is 16.1. The predicted octanol–water partition coefficient (Wildman–Crippen LogP) is 1.55. The van der Waals surface area contributed by atoms with Crippen molar-refractivity contribution in [1.29, 1.82) is 0 Å². The van der Waals surface area contributed by atoms with Crippen LogP contribution < -0.4 is 5.73 Å². The molecule has 0 spiro atoms. The van der Waals surface area contributed by atoms with Crippen LogP contribution in [0.3, 0.4) is 0 Å². The summed E-state index contributed by atoms with van der Waals surface area (Å²) in [5.74, 6) is 1.36. The lowest BCUT2D eigenvalue weighted by Crippen LogP contribution is -2.42. The number of aromatic nitrogens is 3.